The molecule has 39 heavy (non-hydrogen) atoms. The number of unbranched alkanes of at least 4 members (excludes halogenated alkanes) is 13. The Balaban J connectivity index is 3.79. The fourth-order valence-electron chi connectivity index (χ4n) is 3.98. The number of esters is 1. The molecule has 0 aliphatic rings. The second-order valence-corrected chi connectivity index (χ2v) is 10.9. The quantitative estimate of drug-likeness (QED) is 0.0942. The van der Waals surface area contributed by atoms with Gasteiger partial charge in [-0.15, -0.1) is 0 Å². The van der Waals surface area contributed by atoms with Crippen molar-refractivity contribution in [1.82, 2.24) is 16.0 Å². The van der Waals surface area contributed by atoms with Crippen LogP contribution in [0.5, 0.6) is 0 Å². The molecule has 0 radical (unpaired) electrons. The van der Waals surface area contributed by atoms with Crippen LogP contribution < -0.4 is 16.0 Å². The predicted molar refractivity (Wildman–Crippen MR) is 156 cm³/mol. The summed E-state index contributed by atoms with van der Waals surface area (Å²) in [4.78, 5) is 47.3. The standard InChI is InChI=1S/C28H53N3O7S/c1-4-5-6-7-8-9-10-11-12-13-14-15-16-17-18-29-28(36)38-19-20-39-22-25(30-23(2)33)26(34)31-24(21-32)27(35)37-3/h24-25,32H,4-22H2,1-3H3,(H,29,36)(H,30,33)(H,31,34)/t24-,25-/m0/s1. The number of aliphatic hydroxyl groups is 1. The van der Waals surface area contributed by atoms with Crippen LogP contribution in [-0.4, -0.2) is 79.4 Å². The van der Waals surface area contributed by atoms with E-state index < -0.39 is 42.6 Å². The number of alkyl carbamates (subject to hydrolysis) is 1. The van der Waals surface area contributed by atoms with Crippen molar-refractivity contribution >= 4 is 35.6 Å². The summed E-state index contributed by atoms with van der Waals surface area (Å²) in [5.74, 6) is -1.18. The SMILES string of the molecule is CCCCCCCCCCCCCCCCNC(=O)OCCSC[C@H](NC(C)=O)C(=O)N[C@@H](CO)C(=O)OC. The first kappa shape index (κ1) is 37.0. The molecule has 0 bridgehead atoms. The smallest absolute Gasteiger partial charge is 0.407 e. The molecule has 0 fully saturated rings. The maximum Gasteiger partial charge on any atom is 0.407 e. The number of rotatable bonds is 25. The summed E-state index contributed by atoms with van der Waals surface area (Å²) >= 11 is 1.31. The molecule has 0 spiro atoms. The summed E-state index contributed by atoms with van der Waals surface area (Å²) in [5, 5.41) is 16.9. The van der Waals surface area contributed by atoms with Crippen molar-refractivity contribution in [3.63, 3.8) is 0 Å². The molecule has 0 aromatic heterocycles. The summed E-state index contributed by atoms with van der Waals surface area (Å²) in [5.41, 5.74) is 0. The molecule has 0 saturated carbocycles. The Morgan fingerprint density at radius 3 is 1.82 bits per heavy atom. The molecule has 228 valence electrons. The number of carbonyl (C=O) groups excluding carboxylic acids is 4. The second-order valence-electron chi connectivity index (χ2n) is 9.75. The Labute approximate surface area is 239 Å². The molecule has 0 heterocycles. The van der Waals surface area contributed by atoms with Crippen molar-refractivity contribution in [2.75, 3.05) is 38.4 Å². The highest BCUT2D eigenvalue weighted by molar-refractivity contribution is 7.99. The molecular formula is C28H53N3O7S. The second kappa shape index (κ2) is 26.2. The number of nitrogens with one attached hydrogen (secondary N) is 3. The van der Waals surface area contributed by atoms with Crippen LogP contribution in [0.3, 0.4) is 0 Å². The Morgan fingerprint density at radius 1 is 0.795 bits per heavy atom. The van der Waals surface area contributed by atoms with E-state index in [0.717, 1.165) is 20.0 Å². The minimum Gasteiger partial charge on any atom is -0.467 e. The molecule has 0 rings (SSSR count). The van der Waals surface area contributed by atoms with Crippen molar-refractivity contribution in [3.8, 4) is 0 Å². The number of hydrogen-bond donors (Lipinski definition) is 4. The molecule has 4 N–H and O–H groups in total. The summed E-state index contributed by atoms with van der Waals surface area (Å²) in [6, 6.07) is -2.13. The molecule has 0 saturated heterocycles. The molecule has 0 aromatic rings. The molecular weight excluding hydrogens is 522 g/mol. The van der Waals surface area contributed by atoms with Crippen molar-refractivity contribution in [2.24, 2.45) is 0 Å². The lowest BCUT2D eigenvalue weighted by Crippen LogP contribution is -2.53. The number of amides is 3. The molecule has 10 nitrogen and oxygen atoms in total. The van der Waals surface area contributed by atoms with Crippen LogP contribution in [0.4, 0.5) is 4.79 Å². The van der Waals surface area contributed by atoms with Crippen LogP contribution in [0.25, 0.3) is 0 Å². The maximum absolute atomic E-state index is 12.4. The summed E-state index contributed by atoms with van der Waals surface area (Å²) in [7, 11) is 1.15. The zero-order valence-corrected chi connectivity index (χ0v) is 25.2. The Kier molecular flexibility index (Phi) is 24.9. The van der Waals surface area contributed by atoms with E-state index in [-0.39, 0.29) is 12.4 Å². The normalized spacial score (nSPS) is 12.3. The van der Waals surface area contributed by atoms with Gasteiger partial charge in [-0.2, -0.15) is 11.8 Å². The van der Waals surface area contributed by atoms with E-state index in [1.807, 2.05) is 0 Å². The summed E-state index contributed by atoms with van der Waals surface area (Å²) in [6.45, 7) is 3.65. The van der Waals surface area contributed by atoms with Gasteiger partial charge in [0.15, 0.2) is 6.04 Å². The Morgan fingerprint density at radius 2 is 1.33 bits per heavy atom. The highest BCUT2D eigenvalue weighted by Gasteiger charge is 2.26. The first-order valence-electron chi connectivity index (χ1n) is 14.6. The average Bonchev–Trinajstić information content (AvgIpc) is 2.92. The van der Waals surface area contributed by atoms with Gasteiger partial charge in [-0.05, 0) is 6.42 Å². The zero-order valence-electron chi connectivity index (χ0n) is 24.4. The van der Waals surface area contributed by atoms with E-state index >= 15 is 0 Å². The van der Waals surface area contributed by atoms with Crippen LogP contribution in [0.15, 0.2) is 0 Å². The average molecular weight is 576 g/mol. The maximum atomic E-state index is 12.4. The lowest BCUT2D eigenvalue weighted by atomic mass is 10.0. The Hall–Kier alpha value is -2.01. The van der Waals surface area contributed by atoms with Gasteiger partial charge in [0.1, 0.15) is 12.6 Å². The van der Waals surface area contributed by atoms with Crippen LogP contribution >= 0.6 is 11.8 Å². The predicted octanol–water partition coefficient (Wildman–Crippen LogP) is 4.08. The van der Waals surface area contributed by atoms with Crippen LogP contribution in [0.1, 0.15) is 104 Å². The van der Waals surface area contributed by atoms with Crippen LogP contribution in [0, 0.1) is 0 Å². The third-order valence-corrected chi connectivity index (χ3v) is 7.25. The third kappa shape index (κ3) is 22.5. The van der Waals surface area contributed by atoms with Crippen molar-refractivity contribution in [2.45, 2.75) is 116 Å². The Bertz CT molecular complexity index is 667. The van der Waals surface area contributed by atoms with E-state index in [4.69, 9.17) is 4.74 Å². The number of carbonyl (C=O) groups is 4. The minimum atomic E-state index is -1.21. The van der Waals surface area contributed by atoms with Crippen molar-refractivity contribution in [3.05, 3.63) is 0 Å². The monoisotopic (exact) mass is 575 g/mol. The van der Waals surface area contributed by atoms with Crippen molar-refractivity contribution in [1.29, 1.82) is 0 Å². The first-order valence-corrected chi connectivity index (χ1v) is 15.8. The molecule has 0 aliphatic carbocycles. The topological polar surface area (TPSA) is 143 Å². The van der Waals surface area contributed by atoms with Gasteiger partial charge >= 0.3 is 12.1 Å². The van der Waals surface area contributed by atoms with E-state index in [1.165, 1.54) is 95.7 Å². The van der Waals surface area contributed by atoms with Crippen LogP contribution in [-0.2, 0) is 23.9 Å². The fraction of sp³-hybridized carbons (Fsp3) is 0.857. The number of methoxy groups -OCH3 is 1. The van der Waals surface area contributed by atoms with E-state index in [9.17, 15) is 24.3 Å². The van der Waals surface area contributed by atoms with E-state index in [1.54, 1.807) is 0 Å². The lowest BCUT2D eigenvalue weighted by molar-refractivity contribution is -0.146. The molecule has 0 unspecified atom stereocenters. The van der Waals surface area contributed by atoms with Gasteiger partial charge in [-0.25, -0.2) is 9.59 Å². The molecule has 11 heteroatoms. The van der Waals surface area contributed by atoms with Gasteiger partial charge < -0.3 is 30.5 Å². The fourth-order valence-corrected chi connectivity index (χ4v) is 4.82. The first-order chi connectivity index (χ1) is 18.8. The number of aliphatic hydroxyl groups excluding tert-OH is 1. The number of thioether (sulfide) groups is 1. The molecule has 3 amide bonds. The van der Waals surface area contributed by atoms with Gasteiger partial charge in [-0.1, -0.05) is 90.4 Å². The van der Waals surface area contributed by atoms with Crippen molar-refractivity contribution < 1.29 is 33.8 Å². The highest BCUT2D eigenvalue weighted by Crippen LogP contribution is 2.13. The summed E-state index contributed by atoms with van der Waals surface area (Å²) in [6.07, 6.45) is 17.5. The van der Waals surface area contributed by atoms with Gasteiger partial charge in [-0.3, -0.25) is 9.59 Å². The van der Waals surface area contributed by atoms with Crippen LogP contribution in [0.2, 0.25) is 0 Å². The molecule has 0 aromatic carbocycles. The summed E-state index contributed by atoms with van der Waals surface area (Å²) < 4.78 is 9.68. The third-order valence-electron chi connectivity index (χ3n) is 6.22. The van der Waals surface area contributed by atoms with E-state index in [2.05, 4.69) is 27.6 Å². The largest absolute Gasteiger partial charge is 0.467 e. The molecule has 2 atom stereocenters. The lowest BCUT2D eigenvalue weighted by Gasteiger charge is -2.20. The minimum absolute atomic E-state index is 0.158. The number of hydrogen-bond acceptors (Lipinski definition) is 8. The van der Waals surface area contributed by atoms with E-state index in [0.29, 0.717) is 12.3 Å². The highest BCUT2D eigenvalue weighted by atomic mass is 32.2. The zero-order chi connectivity index (χ0) is 29.1. The number of ether oxygens (including phenoxy) is 2. The van der Waals surface area contributed by atoms with Gasteiger partial charge in [0.2, 0.25) is 11.8 Å². The van der Waals surface area contributed by atoms with Gasteiger partial charge in [0, 0.05) is 25.0 Å². The van der Waals surface area contributed by atoms with Gasteiger partial charge in [0.25, 0.3) is 0 Å². The van der Waals surface area contributed by atoms with Gasteiger partial charge in [0.05, 0.1) is 13.7 Å². The molecule has 0 aliphatic heterocycles.